The third-order valence-corrected chi connectivity index (χ3v) is 5.17. The predicted molar refractivity (Wildman–Crippen MR) is 72.5 cm³/mol. The van der Waals surface area contributed by atoms with Crippen LogP contribution in [0, 0.1) is 11.8 Å². The zero-order chi connectivity index (χ0) is 13.4. The van der Waals surface area contributed by atoms with Gasteiger partial charge in [-0.2, -0.15) is 0 Å². The Kier molecular flexibility index (Phi) is 3.35. The number of fused-ring (bicyclic) bond motifs is 2. The normalized spacial score (nSPS) is 38.5. The molecule has 2 aliphatic carbocycles. The van der Waals surface area contributed by atoms with Gasteiger partial charge in [-0.3, -0.25) is 9.79 Å². The van der Waals surface area contributed by atoms with Crippen LogP contribution in [-0.2, 0) is 14.3 Å². The topological polar surface area (TPSA) is 67.8 Å². The van der Waals surface area contributed by atoms with Gasteiger partial charge in [0.2, 0.25) is 0 Å². The highest BCUT2D eigenvalue weighted by atomic mass is 32.2. The molecule has 3 rings (SSSR count). The number of thioether (sulfide) groups is 1. The Morgan fingerprint density at radius 2 is 2.32 bits per heavy atom. The van der Waals surface area contributed by atoms with Gasteiger partial charge in [-0.1, -0.05) is 24.8 Å². The molecule has 2 saturated carbocycles. The Hall–Kier alpha value is -1.30. The van der Waals surface area contributed by atoms with Crippen LogP contribution in [0.25, 0.3) is 0 Å². The summed E-state index contributed by atoms with van der Waals surface area (Å²) in [7, 11) is 0. The molecule has 4 atom stereocenters. The lowest BCUT2D eigenvalue weighted by atomic mass is 9.96. The number of hydrogen-bond donors (Lipinski definition) is 1. The molecule has 6 heteroatoms. The number of aliphatic imine (C=N–C) groups is 1. The molecule has 1 N–H and O–H groups in total. The van der Waals surface area contributed by atoms with Crippen LogP contribution >= 0.6 is 11.8 Å². The van der Waals surface area contributed by atoms with Crippen molar-refractivity contribution in [1.29, 1.82) is 0 Å². The Balaban J connectivity index is 1.66. The van der Waals surface area contributed by atoms with E-state index >= 15 is 0 Å². The quantitative estimate of drug-likeness (QED) is 0.482. The summed E-state index contributed by atoms with van der Waals surface area (Å²) >= 11 is 1.15. The van der Waals surface area contributed by atoms with Crippen molar-refractivity contribution < 1.29 is 14.3 Å². The first-order valence-electron chi connectivity index (χ1n) is 6.54. The van der Waals surface area contributed by atoms with Gasteiger partial charge in [0.15, 0.2) is 10.4 Å². The molecule has 3 fully saturated rings. The Bertz CT molecular complexity index is 463. The van der Waals surface area contributed by atoms with Crippen LogP contribution in [0.15, 0.2) is 17.8 Å². The second-order valence-corrected chi connectivity index (χ2v) is 6.36. The number of nitrogens with one attached hydrogen (secondary N) is 1. The Morgan fingerprint density at radius 3 is 2.95 bits per heavy atom. The summed E-state index contributed by atoms with van der Waals surface area (Å²) in [5.41, 5.74) is 0. The van der Waals surface area contributed by atoms with Gasteiger partial charge in [-0.05, 0) is 31.1 Å². The summed E-state index contributed by atoms with van der Waals surface area (Å²) in [5, 5.41) is 2.38. The van der Waals surface area contributed by atoms with Crippen LogP contribution in [0.5, 0.6) is 0 Å². The minimum Gasteiger partial charge on any atom is -0.434 e. The number of ether oxygens (including phenoxy) is 1. The average molecular weight is 280 g/mol. The summed E-state index contributed by atoms with van der Waals surface area (Å²) in [4.78, 5) is 27.8. The van der Waals surface area contributed by atoms with Crippen molar-refractivity contribution in [3.63, 3.8) is 0 Å². The zero-order valence-electron chi connectivity index (χ0n) is 10.5. The highest BCUT2D eigenvalue weighted by molar-refractivity contribution is 8.16. The van der Waals surface area contributed by atoms with Crippen molar-refractivity contribution in [1.82, 2.24) is 5.32 Å². The van der Waals surface area contributed by atoms with E-state index in [1.807, 2.05) is 0 Å². The van der Waals surface area contributed by atoms with E-state index in [1.54, 1.807) is 0 Å². The molecule has 2 unspecified atom stereocenters. The highest BCUT2D eigenvalue weighted by Crippen LogP contribution is 2.46. The average Bonchev–Trinajstić information content (AvgIpc) is 3.05. The monoisotopic (exact) mass is 280 g/mol. The summed E-state index contributed by atoms with van der Waals surface area (Å²) in [5.74, 6) is 0.534. The van der Waals surface area contributed by atoms with Crippen LogP contribution < -0.4 is 5.32 Å². The molecule has 1 saturated heterocycles. The van der Waals surface area contributed by atoms with Gasteiger partial charge >= 0.3 is 5.97 Å². The molecule has 0 aromatic carbocycles. The number of rotatable bonds is 3. The van der Waals surface area contributed by atoms with Crippen LogP contribution in [0.1, 0.15) is 25.7 Å². The first kappa shape index (κ1) is 12.7. The van der Waals surface area contributed by atoms with Crippen molar-refractivity contribution in [2.45, 2.75) is 37.0 Å². The van der Waals surface area contributed by atoms with E-state index in [9.17, 15) is 9.59 Å². The van der Waals surface area contributed by atoms with E-state index in [2.05, 4.69) is 21.6 Å². The molecule has 1 amide bonds. The molecule has 0 aromatic rings. The molecular weight excluding hydrogens is 264 g/mol. The lowest BCUT2D eigenvalue weighted by molar-refractivity contribution is -0.140. The molecule has 19 heavy (non-hydrogen) atoms. The van der Waals surface area contributed by atoms with E-state index in [1.165, 1.54) is 19.3 Å². The maximum atomic E-state index is 11.7. The zero-order valence-corrected chi connectivity index (χ0v) is 11.3. The fourth-order valence-corrected chi connectivity index (χ4v) is 4.14. The molecule has 1 aliphatic heterocycles. The van der Waals surface area contributed by atoms with Crippen molar-refractivity contribution in [3.05, 3.63) is 12.8 Å². The van der Waals surface area contributed by atoms with Gasteiger partial charge in [-0.25, -0.2) is 4.79 Å². The minimum absolute atomic E-state index is 0.315. The number of carbonyl (C=O) groups excluding carboxylic acids is 2. The summed E-state index contributed by atoms with van der Waals surface area (Å²) in [6.07, 6.45) is 5.99. The largest absolute Gasteiger partial charge is 0.434 e. The van der Waals surface area contributed by atoms with Gasteiger partial charge in [0.1, 0.15) is 0 Å². The van der Waals surface area contributed by atoms with Gasteiger partial charge in [0.25, 0.3) is 5.91 Å². The first-order valence-corrected chi connectivity index (χ1v) is 7.42. The fraction of sp³-hybridized carbons (Fsp3) is 0.615. The van der Waals surface area contributed by atoms with Crippen LogP contribution in [0.3, 0.4) is 0 Å². The van der Waals surface area contributed by atoms with Crippen LogP contribution in [0.4, 0.5) is 0 Å². The van der Waals surface area contributed by atoms with Crippen molar-refractivity contribution in [2.24, 2.45) is 16.8 Å². The third-order valence-electron chi connectivity index (χ3n) is 4.10. The lowest BCUT2D eigenvalue weighted by Gasteiger charge is -2.17. The SMILES string of the molecule is C=COC(=O)C1SC(=N[C@H]2CC3CC[C@H]2C3)NC1=O. The van der Waals surface area contributed by atoms with Crippen LogP contribution in [0.2, 0.25) is 0 Å². The van der Waals surface area contributed by atoms with E-state index in [4.69, 9.17) is 0 Å². The summed E-state index contributed by atoms with van der Waals surface area (Å²) in [6.45, 7) is 3.31. The lowest BCUT2D eigenvalue weighted by Crippen LogP contribution is -2.31. The predicted octanol–water partition coefficient (Wildman–Crippen LogP) is 1.45. The smallest absolute Gasteiger partial charge is 0.334 e. The van der Waals surface area contributed by atoms with E-state index in [-0.39, 0.29) is 5.91 Å². The number of amidine groups is 1. The molecule has 1 heterocycles. The van der Waals surface area contributed by atoms with Crippen molar-refractivity contribution in [3.8, 4) is 0 Å². The molecule has 2 bridgehead atoms. The number of esters is 1. The summed E-state index contributed by atoms with van der Waals surface area (Å²) in [6, 6.07) is 0.315. The molecule has 0 aromatic heterocycles. The fourth-order valence-electron chi connectivity index (χ4n) is 3.25. The van der Waals surface area contributed by atoms with Gasteiger partial charge < -0.3 is 10.1 Å². The number of hydrogen-bond acceptors (Lipinski definition) is 5. The van der Waals surface area contributed by atoms with E-state index in [0.29, 0.717) is 17.1 Å². The maximum absolute atomic E-state index is 11.7. The molecule has 0 radical (unpaired) electrons. The van der Waals surface area contributed by atoms with Gasteiger partial charge in [0.05, 0.1) is 12.3 Å². The summed E-state index contributed by atoms with van der Waals surface area (Å²) < 4.78 is 4.65. The molecule has 0 spiro atoms. The Labute approximate surface area is 115 Å². The standard InChI is InChI=1S/C13H16N2O3S/c1-2-18-12(17)10-11(16)15-13(19-10)14-9-6-7-3-4-8(9)5-7/h2,7-10H,1,3-6H2,(H,14,15,16)/t7?,8-,9-,10?/m0/s1. The number of amides is 1. The van der Waals surface area contributed by atoms with Crippen LogP contribution in [-0.4, -0.2) is 28.3 Å². The molecular formula is C13H16N2O3S. The number of carbonyl (C=O) groups is 2. The second-order valence-electron chi connectivity index (χ2n) is 5.27. The highest BCUT2D eigenvalue weighted by Gasteiger charge is 2.42. The second kappa shape index (κ2) is 5.00. The molecule has 5 nitrogen and oxygen atoms in total. The Morgan fingerprint density at radius 1 is 1.47 bits per heavy atom. The van der Waals surface area contributed by atoms with Crippen molar-refractivity contribution in [2.75, 3.05) is 0 Å². The van der Waals surface area contributed by atoms with Gasteiger partial charge in [0, 0.05) is 0 Å². The van der Waals surface area contributed by atoms with Crippen molar-refractivity contribution >= 4 is 28.8 Å². The van der Waals surface area contributed by atoms with Gasteiger partial charge in [-0.15, -0.1) is 0 Å². The minimum atomic E-state index is -0.852. The molecule has 102 valence electrons. The first-order chi connectivity index (χ1) is 9.17. The number of nitrogens with zero attached hydrogens (tertiary/aromatic N) is 1. The molecule has 3 aliphatic rings. The van der Waals surface area contributed by atoms with E-state index in [0.717, 1.165) is 30.4 Å². The maximum Gasteiger partial charge on any atom is 0.334 e. The third kappa shape index (κ3) is 2.41. The van der Waals surface area contributed by atoms with E-state index < -0.39 is 11.2 Å².